The predicted octanol–water partition coefficient (Wildman–Crippen LogP) is 2.40. The van der Waals surface area contributed by atoms with Gasteiger partial charge in [0.1, 0.15) is 5.82 Å². The van der Waals surface area contributed by atoms with Gasteiger partial charge in [0.25, 0.3) is 0 Å². The molecule has 2 aromatic rings. The number of aryl methyl sites for hydroxylation is 2. The van der Waals surface area contributed by atoms with Gasteiger partial charge in [0.2, 0.25) is 0 Å². The van der Waals surface area contributed by atoms with E-state index in [0.29, 0.717) is 5.56 Å². The Bertz CT molecular complexity index is 783. The molecule has 2 rings (SSSR count). The molecule has 1 aromatic carbocycles. The molecule has 9 heteroatoms. The van der Waals surface area contributed by atoms with Crippen molar-refractivity contribution >= 4 is 17.6 Å². The van der Waals surface area contributed by atoms with Crippen molar-refractivity contribution in [2.45, 2.75) is 20.4 Å². The number of nitrogens with zero attached hydrogens (tertiary/aromatic N) is 3. The van der Waals surface area contributed by atoms with Crippen molar-refractivity contribution in [1.29, 1.82) is 0 Å². The molecule has 1 N–H and O–H groups in total. The van der Waals surface area contributed by atoms with Crippen molar-refractivity contribution in [1.82, 2.24) is 14.3 Å². The Balaban J connectivity index is 2.74. The lowest BCUT2D eigenvalue weighted by Gasteiger charge is -2.07. The maximum absolute atomic E-state index is 12.8. The summed E-state index contributed by atoms with van der Waals surface area (Å²) in [6.07, 6.45) is 0. The van der Waals surface area contributed by atoms with Gasteiger partial charge in [0, 0.05) is 0 Å². The summed E-state index contributed by atoms with van der Waals surface area (Å²) in [5.74, 6) is -1.47. The van der Waals surface area contributed by atoms with Crippen LogP contribution in [-0.4, -0.2) is 25.4 Å². The first-order valence-electron chi connectivity index (χ1n) is 5.74. The second kappa shape index (κ2) is 5.28. The lowest BCUT2D eigenvalue weighted by atomic mass is 10.1. The van der Waals surface area contributed by atoms with Gasteiger partial charge < -0.3 is 5.11 Å². The number of aromatic nitrogens is 3. The van der Waals surface area contributed by atoms with Crippen LogP contribution in [0.4, 0.5) is 8.78 Å². The topological polar surface area (TPSA) is 77.1 Å². The average molecular weight is 318 g/mol. The highest BCUT2D eigenvalue weighted by Gasteiger charge is 2.21. The van der Waals surface area contributed by atoms with Gasteiger partial charge in [0.05, 0.1) is 16.3 Å². The van der Waals surface area contributed by atoms with Crippen molar-refractivity contribution in [2.75, 3.05) is 0 Å². The van der Waals surface area contributed by atoms with Crippen LogP contribution in [0.25, 0.3) is 5.69 Å². The van der Waals surface area contributed by atoms with Gasteiger partial charge in [-0.25, -0.2) is 14.2 Å². The largest absolute Gasteiger partial charge is 0.478 e. The summed E-state index contributed by atoms with van der Waals surface area (Å²) in [6.45, 7) is -0.207. The van der Waals surface area contributed by atoms with E-state index in [-0.39, 0.29) is 26.7 Å². The number of carboxylic acids is 1. The molecule has 0 spiro atoms. The van der Waals surface area contributed by atoms with Crippen LogP contribution in [0.2, 0.25) is 5.02 Å². The molecule has 0 amide bonds. The van der Waals surface area contributed by atoms with E-state index in [9.17, 15) is 18.4 Å². The molecular weight excluding hydrogens is 308 g/mol. The maximum atomic E-state index is 12.8. The summed E-state index contributed by atoms with van der Waals surface area (Å²) in [5.41, 5.74) is -0.770. The van der Waals surface area contributed by atoms with Crippen LogP contribution < -0.4 is 5.69 Å². The molecule has 0 aliphatic carbocycles. The van der Waals surface area contributed by atoms with Crippen LogP contribution in [0.1, 0.15) is 28.3 Å². The van der Waals surface area contributed by atoms with Crippen molar-refractivity contribution in [3.63, 3.8) is 0 Å². The number of hydrogen-bond donors (Lipinski definition) is 1. The van der Waals surface area contributed by atoms with Gasteiger partial charge in [-0.2, -0.15) is 18.6 Å². The number of rotatable bonds is 3. The number of aromatic carboxylic acids is 1. The molecule has 0 saturated carbocycles. The normalized spacial score (nSPS) is 11.1. The quantitative estimate of drug-likeness (QED) is 0.943. The number of carbonyl (C=O) groups is 1. The standard InChI is InChI=1S/C12H10ClF2N3O3/c1-5-3-8(13)7(10(19)20)4-9(5)18-12(21)17(11(14)15)6(2)16-18/h3-4,11H,1-2H3,(H,19,20). The first-order chi connectivity index (χ1) is 9.73. The fraction of sp³-hybridized carbons (Fsp3) is 0.250. The zero-order valence-electron chi connectivity index (χ0n) is 11.0. The Hall–Kier alpha value is -2.22. The number of hydrogen-bond acceptors (Lipinski definition) is 3. The molecular formula is C12H10ClF2N3O3. The molecule has 1 aromatic heterocycles. The Morgan fingerprint density at radius 3 is 2.48 bits per heavy atom. The highest BCUT2D eigenvalue weighted by molar-refractivity contribution is 6.33. The minimum atomic E-state index is -3.03. The molecule has 21 heavy (non-hydrogen) atoms. The summed E-state index contributed by atoms with van der Waals surface area (Å²) >= 11 is 5.80. The van der Waals surface area contributed by atoms with E-state index in [2.05, 4.69) is 5.10 Å². The van der Waals surface area contributed by atoms with Crippen LogP contribution >= 0.6 is 11.6 Å². The number of benzene rings is 1. The van der Waals surface area contributed by atoms with Gasteiger partial charge in [0.15, 0.2) is 0 Å². The van der Waals surface area contributed by atoms with Crippen LogP contribution in [0.5, 0.6) is 0 Å². The van der Waals surface area contributed by atoms with Gasteiger partial charge in [-0.15, -0.1) is 0 Å². The van der Waals surface area contributed by atoms with Crippen molar-refractivity contribution in [3.05, 3.63) is 44.6 Å². The molecule has 0 fully saturated rings. The van der Waals surface area contributed by atoms with Crippen LogP contribution in [-0.2, 0) is 0 Å². The van der Waals surface area contributed by atoms with Crippen molar-refractivity contribution in [3.8, 4) is 5.69 Å². The molecule has 0 atom stereocenters. The van der Waals surface area contributed by atoms with Crippen LogP contribution in [0.3, 0.4) is 0 Å². The summed E-state index contributed by atoms with van der Waals surface area (Å²) in [4.78, 5) is 23.0. The second-order valence-corrected chi connectivity index (χ2v) is 4.72. The maximum Gasteiger partial charge on any atom is 0.355 e. The zero-order chi connectivity index (χ0) is 15.9. The van der Waals surface area contributed by atoms with E-state index in [1.54, 1.807) is 6.92 Å². The van der Waals surface area contributed by atoms with E-state index in [4.69, 9.17) is 16.7 Å². The molecule has 0 saturated heterocycles. The Morgan fingerprint density at radius 1 is 1.38 bits per heavy atom. The molecule has 1 heterocycles. The predicted molar refractivity (Wildman–Crippen MR) is 70.5 cm³/mol. The molecule has 6 nitrogen and oxygen atoms in total. The van der Waals surface area contributed by atoms with Crippen LogP contribution in [0.15, 0.2) is 16.9 Å². The Kier molecular flexibility index (Phi) is 3.82. The number of halogens is 3. The third kappa shape index (κ3) is 2.54. The van der Waals surface area contributed by atoms with Crippen molar-refractivity contribution < 1.29 is 18.7 Å². The molecule has 0 bridgehead atoms. The molecule has 0 radical (unpaired) electrons. The minimum absolute atomic E-state index is 0.0122. The second-order valence-electron chi connectivity index (χ2n) is 4.31. The fourth-order valence-corrected chi connectivity index (χ4v) is 2.21. The van der Waals surface area contributed by atoms with Crippen LogP contribution in [0, 0.1) is 13.8 Å². The summed E-state index contributed by atoms with van der Waals surface area (Å²) in [5, 5.41) is 12.8. The molecule has 0 aliphatic rings. The highest BCUT2D eigenvalue weighted by Crippen LogP contribution is 2.23. The Labute approximate surface area is 122 Å². The SMILES string of the molecule is Cc1cc(Cl)c(C(=O)O)cc1-n1nc(C)n(C(F)F)c1=O. The lowest BCUT2D eigenvalue weighted by Crippen LogP contribution is -2.25. The lowest BCUT2D eigenvalue weighted by molar-refractivity contribution is 0.0638. The number of alkyl halides is 2. The van der Waals surface area contributed by atoms with E-state index in [1.807, 2.05) is 0 Å². The van der Waals surface area contributed by atoms with E-state index in [1.165, 1.54) is 13.0 Å². The van der Waals surface area contributed by atoms with E-state index < -0.39 is 18.2 Å². The van der Waals surface area contributed by atoms with Gasteiger partial charge >= 0.3 is 18.2 Å². The number of carboxylic acid groups (broad SMARTS) is 1. The first kappa shape index (κ1) is 15.2. The van der Waals surface area contributed by atoms with E-state index in [0.717, 1.165) is 10.7 Å². The minimum Gasteiger partial charge on any atom is -0.478 e. The molecule has 0 unspecified atom stereocenters. The summed E-state index contributed by atoms with van der Waals surface area (Å²) in [6, 6.07) is 2.47. The van der Waals surface area contributed by atoms with Crippen molar-refractivity contribution in [2.24, 2.45) is 0 Å². The molecule has 112 valence electrons. The Morgan fingerprint density at radius 2 is 2.00 bits per heavy atom. The molecule has 0 aliphatic heterocycles. The summed E-state index contributed by atoms with van der Waals surface area (Å²) in [7, 11) is 0. The summed E-state index contributed by atoms with van der Waals surface area (Å²) < 4.78 is 26.5. The zero-order valence-corrected chi connectivity index (χ0v) is 11.7. The average Bonchev–Trinajstić information content (AvgIpc) is 2.64. The fourth-order valence-electron chi connectivity index (χ4n) is 1.91. The van der Waals surface area contributed by atoms with Gasteiger partial charge in [-0.3, -0.25) is 0 Å². The first-order valence-corrected chi connectivity index (χ1v) is 6.12. The third-order valence-corrected chi connectivity index (χ3v) is 3.23. The monoisotopic (exact) mass is 317 g/mol. The smallest absolute Gasteiger partial charge is 0.355 e. The third-order valence-electron chi connectivity index (χ3n) is 2.92. The van der Waals surface area contributed by atoms with Gasteiger partial charge in [-0.1, -0.05) is 11.6 Å². The highest BCUT2D eigenvalue weighted by atomic mass is 35.5. The van der Waals surface area contributed by atoms with E-state index >= 15 is 0 Å². The van der Waals surface area contributed by atoms with Gasteiger partial charge in [-0.05, 0) is 31.5 Å².